The topological polar surface area (TPSA) is 77.4 Å². The molecule has 0 saturated carbocycles. The SMILES string of the molecule is CCCOc1ccc(/C=C/C(=O)OCC(=O)N2CCC(c3ccccc3)=N2)cc1OC. The zero-order chi connectivity index (χ0) is 22.1. The monoisotopic (exact) mass is 422 g/mol. The van der Waals surface area contributed by atoms with Gasteiger partial charge in [0.2, 0.25) is 0 Å². The van der Waals surface area contributed by atoms with E-state index in [0.717, 1.165) is 23.3 Å². The predicted octanol–water partition coefficient (Wildman–Crippen LogP) is 3.68. The van der Waals surface area contributed by atoms with Crippen LogP contribution in [0.5, 0.6) is 11.5 Å². The summed E-state index contributed by atoms with van der Waals surface area (Å²) >= 11 is 0. The number of amides is 1. The smallest absolute Gasteiger partial charge is 0.331 e. The van der Waals surface area contributed by atoms with Gasteiger partial charge < -0.3 is 14.2 Å². The molecule has 2 aromatic carbocycles. The van der Waals surface area contributed by atoms with Crippen LogP contribution in [0.25, 0.3) is 6.08 Å². The molecule has 0 N–H and O–H groups in total. The maximum atomic E-state index is 12.3. The minimum atomic E-state index is -0.606. The first-order valence-electron chi connectivity index (χ1n) is 10.2. The Bertz CT molecular complexity index is 969. The fraction of sp³-hybridized carbons (Fsp3) is 0.292. The van der Waals surface area contributed by atoms with E-state index in [4.69, 9.17) is 14.2 Å². The number of hydrogen-bond donors (Lipinski definition) is 0. The molecular weight excluding hydrogens is 396 g/mol. The van der Waals surface area contributed by atoms with Crippen LogP contribution in [0.2, 0.25) is 0 Å². The third kappa shape index (κ3) is 6.18. The highest BCUT2D eigenvalue weighted by molar-refractivity contribution is 6.02. The Morgan fingerprint density at radius 2 is 1.94 bits per heavy atom. The maximum Gasteiger partial charge on any atom is 0.331 e. The maximum absolute atomic E-state index is 12.3. The number of esters is 1. The van der Waals surface area contributed by atoms with Crippen molar-refractivity contribution < 1.29 is 23.8 Å². The van der Waals surface area contributed by atoms with Gasteiger partial charge in [-0.2, -0.15) is 5.10 Å². The minimum absolute atomic E-state index is 0.355. The Hall–Kier alpha value is -3.61. The van der Waals surface area contributed by atoms with E-state index < -0.39 is 5.97 Å². The molecule has 1 heterocycles. The van der Waals surface area contributed by atoms with Crippen LogP contribution in [0.1, 0.15) is 30.9 Å². The van der Waals surface area contributed by atoms with E-state index in [1.165, 1.54) is 11.1 Å². The average Bonchev–Trinajstić information content (AvgIpc) is 3.31. The number of rotatable bonds is 9. The number of benzene rings is 2. The fourth-order valence-electron chi connectivity index (χ4n) is 3.01. The van der Waals surface area contributed by atoms with Gasteiger partial charge in [0.15, 0.2) is 18.1 Å². The number of nitrogens with zero attached hydrogens (tertiary/aromatic N) is 2. The lowest BCUT2D eigenvalue weighted by molar-refractivity contribution is -0.147. The lowest BCUT2D eigenvalue weighted by Gasteiger charge is -2.11. The van der Waals surface area contributed by atoms with Crippen LogP contribution in [-0.4, -0.2) is 49.5 Å². The lowest BCUT2D eigenvalue weighted by atomic mass is 10.1. The Morgan fingerprint density at radius 1 is 1.13 bits per heavy atom. The minimum Gasteiger partial charge on any atom is -0.493 e. The van der Waals surface area contributed by atoms with E-state index >= 15 is 0 Å². The third-order valence-electron chi connectivity index (χ3n) is 4.60. The molecule has 0 spiro atoms. The van der Waals surface area contributed by atoms with Crippen LogP contribution in [0.15, 0.2) is 59.7 Å². The first-order valence-corrected chi connectivity index (χ1v) is 10.2. The Labute approximate surface area is 181 Å². The van der Waals surface area contributed by atoms with Crippen molar-refractivity contribution in [3.63, 3.8) is 0 Å². The Morgan fingerprint density at radius 3 is 2.68 bits per heavy atom. The molecule has 0 fully saturated rings. The van der Waals surface area contributed by atoms with Gasteiger partial charge in [-0.3, -0.25) is 4.79 Å². The molecule has 0 atom stereocenters. The van der Waals surface area contributed by atoms with Gasteiger partial charge in [-0.1, -0.05) is 43.3 Å². The van der Waals surface area contributed by atoms with Crippen LogP contribution in [0.4, 0.5) is 0 Å². The van der Waals surface area contributed by atoms with Crippen molar-refractivity contribution in [3.8, 4) is 11.5 Å². The molecule has 162 valence electrons. The van der Waals surface area contributed by atoms with Crippen molar-refractivity contribution in [1.82, 2.24) is 5.01 Å². The second-order valence-electron chi connectivity index (χ2n) is 6.88. The van der Waals surface area contributed by atoms with E-state index in [1.54, 1.807) is 25.3 Å². The Balaban J connectivity index is 1.51. The summed E-state index contributed by atoms with van der Waals surface area (Å²) in [6.45, 7) is 2.74. The number of hydrazone groups is 1. The zero-order valence-corrected chi connectivity index (χ0v) is 17.7. The highest BCUT2D eigenvalue weighted by Gasteiger charge is 2.22. The van der Waals surface area contributed by atoms with Crippen molar-refractivity contribution in [2.24, 2.45) is 5.10 Å². The van der Waals surface area contributed by atoms with Gasteiger partial charge in [0.1, 0.15) is 0 Å². The van der Waals surface area contributed by atoms with Crippen molar-refractivity contribution >= 4 is 23.7 Å². The molecule has 31 heavy (non-hydrogen) atoms. The van der Waals surface area contributed by atoms with Crippen molar-refractivity contribution in [2.75, 3.05) is 26.9 Å². The normalized spacial score (nSPS) is 13.2. The molecule has 1 aliphatic rings. The van der Waals surface area contributed by atoms with Crippen molar-refractivity contribution in [3.05, 3.63) is 65.7 Å². The highest BCUT2D eigenvalue weighted by atomic mass is 16.5. The van der Waals surface area contributed by atoms with Gasteiger partial charge in [0.25, 0.3) is 5.91 Å². The molecule has 0 bridgehead atoms. The number of carbonyl (C=O) groups is 2. The van der Waals surface area contributed by atoms with E-state index in [9.17, 15) is 9.59 Å². The molecule has 0 aliphatic carbocycles. The van der Waals surface area contributed by atoms with Gasteiger partial charge >= 0.3 is 5.97 Å². The van der Waals surface area contributed by atoms with Crippen molar-refractivity contribution in [2.45, 2.75) is 19.8 Å². The molecule has 7 nitrogen and oxygen atoms in total. The van der Waals surface area contributed by atoms with E-state index in [1.807, 2.05) is 43.3 Å². The van der Waals surface area contributed by atoms with Crippen LogP contribution in [-0.2, 0) is 14.3 Å². The van der Waals surface area contributed by atoms with E-state index in [0.29, 0.717) is 31.1 Å². The molecule has 0 radical (unpaired) electrons. The summed E-state index contributed by atoms with van der Waals surface area (Å²) in [6, 6.07) is 15.1. The third-order valence-corrected chi connectivity index (χ3v) is 4.60. The molecule has 7 heteroatoms. The van der Waals surface area contributed by atoms with Gasteiger partial charge in [0, 0.05) is 12.5 Å². The average molecular weight is 422 g/mol. The van der Waals surface area contributed by atoms with Gasteiger partial charge in [0.05, 0.1) is 26.0 Å². The summed E-state index contributed by atoms with van der Waals surface area (Å²) in [5.41, 5.74) is 2.58. The van der Waals surface area contributed by atoms with Gasteiger partial charge in [-0.05, 0) is 35.8 Å². The summed E-state index contributed by atoms with van der Waals surface area (Å²) in [7, 11) is 1.56. The Kier molecular flexibility index (Phi) is 7.81. The van der Waals surface area contributed by atoms with Crippen LogP contribution < -0.4 is 9.47 Å². The summed E-state index contributed by atoms with van der Waals surface area (Å²) in [5, 5.41) is 5.69. The van der Waals surface area contributed by atoms with Crippen LogP contribution in [0.3, 0.4) is 0 Å². The molecule has 2 aromatic rings. The standard InChI is InChI=1S/C24H26N2O5/c1-3-15-30-21-11-9-18(16-22(21)29-2)10-12-24(28)31-17-23(27)26-14-13-20(25-26)19-7-5-4-6-8-19/h4-12,16H,3,13-15,17H2,1-2H3/b12-10+. The van der Waals surface area contributed by atoms with Crippen LogP contribution in [0, 0.1) is 0 Å². The molecule has 0 saturated heterocycles. The molecule has 0 unspecified atom stereocenters. The van der Waals surface area contributed by atoms with Crippen molar-refractivity contribution in [1.29, 1.82) is 0 Å². The van der Waals surface area contributed by atoms with Gasteiger partial charge in [-0.25, -0.2) is 9.80 Å². The molecule has 3 rings (SSSR count). The summed E-state index contributed by atoms with van der Waals surface area (Å²) in [6.07, 6.45) is 4.44. The molecular formula is C24H26N2O5. The predicted molar refractivity (Wildman–Crippen MR) is 118 cm³/mol. The highest BCUT2D eigenvalue weighted by Crippen LogP contribution is 2.28. The first-order chi connectivity index (χ1) is 15.1. The summed E-state index contributed by atoms with van der Waals surface area (Å²) in [4.78, 5) is 24.3. The zero-order valence-electron chi connectivity index (χ0n) is 17.7. The summed E-state index contributed by atoms with van der Waals surface area (Å²) < 4.78 is 16.0. The second-order valence-corrected chi connectivity index (χ2v) is 6.88. The molecule has 0 aromatic heterocycles. The largest absolute Gasteiger partial charge is 0.493 e. The quantitative estimate of drug-likeness (QED) is 0.455. The number of ether oxygens (including phenoxy) is 3. The number of hydrogen-bond acceptors (Lipinski definition) is 6. The molecule has 1 aliphatic heterocycles. The number of methoxy groups -OCH3 is 1. The van der Waals surface area contributed by atoms with Gasteiger partial charge in [-0.15, -0.1) is 0 Å². The second kappa shape index (κ2) is 11.0. The van der Waals surface area contributed by atoms with Crippen LogP contribution >= 0.6 is 0 Å². The first kappa shape index (κ1) is 22.1. The summed E-state index contributed by atoms with van der Waals surface area (Å²) in [5.74, 6) is 0.271. The number of carbonyl (C=O) groups excluding carboxylic acids is 2. The lowest BCUT2D eigenvalue weighted by Crippen LogP contribution is -2.28. The van der Waals surface area contributed by atoms with E-state index in [-0.39, 0.29) is 12.5 Å². The van der Waals surface area contributed by atoms with E-state index in [2.05, 4.69) is 5.10 Å². The molecule has 1 amide bonds. The fourth-order valence-corrected chi connectivity index (χ4v) is 3.01.